The van der Waals surface area contributed by atoms with Crippen molar-refractivity contribution in [1.29, 1.82) is 0 Å². The fourth-order valence-corrected chi connectivity index (χ4v) is 9.45. The number of hydrogen-bond acceptors (Lipinski definition) is 0. The Hall–Kier alpha value is 0. The summed E-state index contributed by atoms with van der Waals surface area (Å²) >= 11 is 0. The molecular weight excluding hydrogens is 553 g/mol. The van der Waals surface area contributed by atoms with Crippen molar-refractivity contribution in [3.05, 3.63) is 0 Å². The molecule has 0 unspecified atom stereocenters. The SMILES string of the molecule is CCCCCCCCCCC1(CCCCCCCCCC)CCCC(CCCCCCCCCC)(CCCCCCCCCC)C1. The first-order valence-electron chi connectivity index (χ1n) is 22.7. The van der Waals surface area contributed by atoms with Crippen LogP contribution in [0.5, 0.6) is 0 Å². The lowest BCUT2D eigenvalue weighted by Crippen LogP contribution is -2.37. The molecule has 46 heavy (non-hydrogen) atoms. The van der Waals surface area contributed by atoms with Gasteiger partial charge in [-0.15, -0.1) is 0 Å². The van der Waals surface area contributed by atoms with Crippen LogP contribution in [0, 0.1) is 10.8 Å². The van der Waals surface area contributed by atoms with E-state index in [1.807, 2.05) is 0 Å². The van der Waals surface area contributed by atoms with Crippen molar-refractivity contribution < 1.29 is 0 Å². The van der Waals surface area contributed by atoms with Crippen LogP contribution in [0.25, 0.3) is 0 Å². The molecule has 1 aliphatic rings. The summed E-state index contributed by atoms with van der Waals surface area (Å²) in [5.41, 5.74) is 1.37. The largest absolute Gasteiger partial charge is 0.0654 e. The van der Waals surface area contributed by atoms with E-state index in [9.17, 15) is 0 Å². The van der Waals surface area contributed by atoms with Gasteiger partial charge in [-0.25, -0.2) is 0 Å². The Bertz CT molecular complexity index is 499. The summed E-state index contributed by atoms with van der Waals surface area (Å²) in [6.45, 7) is 9.39. The zero-order valence-corrected chi connectivity index (χ0v) is 33.3. The maximum Gasteiger partial charge on any atom is -0.0292 e. The molecule has 0 amide bonds. The summed E-state index contributed by atoms with van der Waals surface area (Å²) in [7, 11) is 0. The second-order valence-electron chi connectivity index (χ2n) is 16.9. The molecule has 0 aromatic heterocycles. The molecule has 0 aromatic rings. The van der Waals surface area contributed by atoms with Crippen LogP contribution in [0.15, 0.2) is 0 Å². The van der Waals surface area contributed by atoms with Crippen LogP contribution in [-0.2, 0) is 0 Å². The summed E-state index contributed by atoms with van der Waals surface area (Å²) in [6, 6.07) is 0. The van der Waals surface area contributed by atoms with Crippen molar-refractivity contribution in [3.8, 4) is 0 Å². The maximum atomic E-state index is 2.35. The Morgan fingerprint density at radius 3 is 0.674 bits per heavy atom. The summed E-state index contributed by atoms with van der Waals surface area (Å²) in [6.07, 6.45) is 59.7. The first-order chi connectivity index (χ1) is 22.7. The van der Waals surface area contributed by atoms with Crippen molar-refractivity contribution in [1.82, 2.24) is 0 Å². The molecule has 0 nitrogen and oxygen atoms in total. The molecule has 0 aromatic carbocycles. The van der Waals surface area contributed by atoms with Gasteiger partial charge in [-0.2, -0.15) is 0 Å². The van der Waals surface area contributed by atoms with Gasteiger partial charge in [0.25, 0.3) is 0 Å². The third kappa shape index (κ3) is 24.2. The van der Waals surface area contributed by atoms with E-state index < -0.39 is 0 Å². The third-order valence-corrected chi connectivity index (χ3v) is 12.4. The molecule has 0 bridgehead atoms. The number of rotatable bonds is 36. The molecule has 0 radical (unpaired) electrons. The highest BCUT2D eigenvalue weighted by atomic mass is 14.5. The lowest BCUT2D eigenvalue weighted by Gasteiger charge is -2.49. The number of hydrogen-bond donors (Lipinski definition) is 0. The van der Waals surface area contributed by atoms with Crippen molar-refractivity contribution in [2.45, 2.75) is 285 Å². The van der Waals surface area contributed by atoms with Gasteiger partial charge in [0, 0.05) is 0 Å². The topological polar surface area (TPSA) is 0 Å². The molecule has 1 aliphatic carbocycles. The van der Waals surface area contributed by atoms with Crippen molar-refractivity contribution in [2.24, 2.45) is 10.8 Å². The van der Waals surface area contributed by atoms with Gasteiger partial charge in [-0.05, 0) is 55.8 Å². The van der Waals surface area contributed by atoms with E-state index in [0.717, 1.165) is 0 Å². The standard InChI is InChI=1S/C46H92/c1-5-9-13-17-21-25-29-33-38-45(39-34-30-26-22-18-14-10-6-2)42-37-43-46(44-45,40-35-31-27-23-19-15-11-7-3)41-36-32-28-24-20-16-12-8-4/h5-44H2,1-4H3. The van der Waals surface area contributed by atoms with E-state index in [-0.39, 0.29) is 0 Å². The van der Waals surface area contributed by atoms with E-state index in [1.54, 1.807) is 51.4 Å². The average molecular weight is 645 g/mol. The third-order valence-electron chi connectivity index (χ3n) is 12.4. The summed E-state index contributed by atoms with van der Waals surface area (Å²) in [5.74, 6) is 0. The van der Waals surface area contributed by atoms with Crippen LogP contribution < -0.4 is 0 Å². The van der Waals surface area contributed by atoms with Crippen LogP contribution in [0.1, 0.15) is 285 Å². The summed E-state index contributed by atoms with van der Waals surface area (Å²) in [5, 5.41) is 0. The molecule has 0 heterocycles. The van der Waals surface area contributed by atoms with Gasteiger partial charge in [0.2, 0.25) is 0 Å². The molecular formula is C46H92. The second kappa shape index (κ2) is 32.2. The zero-order chi connectivity index (χ0) is 33.3. The molecule has 0 atom stereocenters. The molecule has 1 fully saturated rings. The van der Waals surface area contributed by atoms with E-state index in [4.69, 9.17) is 0 Å². The van der Waals surface area contributed by atoms with Gasteiger partial charge < -0.3 is 0 Å². The Kier molecular flexibility index (Phi) is 30.8. The molecule has 1 saturated carbocycles. The highest BCUT2D eigenvalue weighted by Gasteiger charge is 2.43. The van der Waals surface area contributed by atoms with E-state index in [1.165, 1.54) is 205 Å². The Morgan fingerprint density at radius 2 is 0.457 bits per heavy atom. The lowest BCUT2D eigenvalue weighted by molar-refractivity contribution is 0.0216. The fraction of sp³-hybridized carbons (Fsp3) is 1.00. The molecule has 0 heteroatoms. The lowest BCUT2D eigenvalue weighted by atomic mass is 9.56. The average Bonchev–Trinajstić information content (AvgIpc) is 3.06. The van der Waals surface area contributed by atoms with Crippen molar-refractivity contribution >= 4 is 0 Å². The van der Waals surface area contributed by atoms with Crippen LogP contribution in [0.2, 0.25) is 0 Å². The van der Waals surface area contributed by atoms with Gasteiger partial charge in [-0.3, -0.25) is 0 Å². The van der Waals surface area contributed by atoms with E-state index in [2.05, 4.69) is 27.7 Å². The van der Waals surface area contributed by atoms with Gasteiger partial charge in [0.15, 0.2) is 0 Å². The molecule has 0 aliphatic heterocycles. The molecule has 276 valence electrons. The van der Waals surface area contributed by atoms with Crippen LogP contribution >= 0.6 is 0 Å². The first kappa shape index (κ1) is 44.0. The van der Waals surface area contributed by atoms with Gasteiger partial charge >= 0.3 is 0 Å². The first-order valence-corrected chi connectivity index (χ1v) is 22.7. The van der Waals surface area contributed by atoms with E-state index >= 15 is 0 Å². The summed E-state index contributed by atoms with van der Waals surface area (Å²) < 4.78 is 0. The fourth-order valence-electron chi connectivity index (χ4n) is 9.45. The zero-order valence-electron chi connectivity index (χ0n) is 33.3. The van der Waals surface area contributed by atoms with Crippen LogP contribution in [-0.4, -0.2) is 0 Å². The van der Waals surface area contributed by atoms with Gasteiger partial charge in [-0.1, -0.05) is 240 Å². The molecule has 0 N–H and O–H groups in total. The van der Waals surface area contributed by atoms with Gasteiger partial charge in [0.05, 0.1) is 0 Å². The minimum Gasteiger partial charge on any atom is -0.0654 e. The predicted octanol–water partition coefficient (Wildman–Crippen LogP) is 17.7. The number of unbranched alkanes of at least 4 members (excludes halogenated alkanes) is 28. The monoisotopic (exact) mass is 645 g/mol. The van der Waals surface area contributed by atoms with E-state index in [0.29, 0.717) is 10.8 Å². The Balaban J connectivity index is 2.76. The predicted molar refractivity (Wildman–Crippen MR) is 212 cm³/mol. The van der Waals surface area contributed by atoms with Crippen LogP contribution in [0.4, 0.5) is 0 Å². The minimum absolute atomic E-state index is 0.684. The Morgan fingerprint density at radius 1 is 0.261 bits per heavy atom. The van der Waals surface area contributed by atoms with Crippen molar-refractivity contribution in [3.63, 3.8) is 0 Å². The van der Waals surface area contributed by atoms with Gasteiger partial charge in [0.1, 0.15) is 0 Å². The minimum atomic E-state index is 0.684. The molecule has 0 spiro atoms. The quantitative estimate of drug-likeness (QED) is 0.0595. The Labute approximate surface area is 294 Å². The second-order valence-corrected chi connectivity index (χ2v) is 16.9. The van der Waals surface area contributed by atoms with Crippen molar-refractivity contribution in [2.75, 3.05) is 0 Å². The smallest absolute Gasteiger partial charge is 0.0292 e. The normalized spacial score (nSPS) is 15.9. The highest BCUT2D eigenvalue weighted by Crippen LogP contribution is 2.56. The summed E-state index contributed by atoms with van der Waals surface area (Å²) in [4.78, 5) is 0. The molecule has 1 rings (SSSR count). The molecule has 0 saturated heterocycles. The highest BCUT2D eigenvalue weighted by molar-refractivity contribution is 4.94. The maximum absolute atomic E-state index is 2.35. The van der Waals surface area contributed by atoms with Crippen LogP contribution in [0.3, 0.4) is 0 Å².